The summed E-state index contributed by atoms with van der Waals surface area (Å²) in [5.41, 5.74) is 0.120. The SMILES string of the molecule is CC(C)Cn1ccnc1CNC(=O)c1ccc(O)cc1O. The molecule has 2 rings (SSSR count). The van der Waals surface area contributed by atoms with E-state index in [2.05, 4.69) is 24.1 Å². The molecule has 2 aromatic rings. The molecule has 1 aromatic carbocycles. The Morgan fingerprint density at radius 2 is 2.14 bits per heavy atom. The molecule has 0 saturated heterocycles. The van der Waals surface area contributed by atoms with Crippen LogP contribution in [0.3, 0.4) is 0 Å². The lowest BCUT2D eigenvalue weighted by atomic mass is 10.2. The average Bonchev–Trinajstić information content (AvgIpc) is 2.82. The number of phenols is 2. The summed E-state index contributed by atoms with van der Waals surface area (Å²) in [6.07, 6.45) is 3.57. The topological polar surface area (TPSA) is 87.4 Å². The number of aromatic nitrogens is 2. The van der Waals surface area contributed by atoms with Crippen LogP contribution in [0.1, 0.15) is 30.0 Å². The number of carbonyl (C=O) groups is 1. The van der Waals surface area contributed by atoms with E-state index in [4.69, 9.17) is 0 Å². The van der Waals surface area contributed by atoms with Gasteiger partial charge in [-0.25, -0.2) is 4.98 Å². The summed E-state index contributed by atoms with van der Waals surface area (Å²) in [7, 11) is 0. The van der Waals surface area contributed by atoms with Crippen molar-refractivity contribution in [3.63, 3.8) is 0 Å². The predicted octanol–water partition coefficient (Wildman–Crippen LogP) is 1.88. The second-order valence-electron chi connectivity index (χ2n) is 5.27. The molecule has 0 spiro atoms. The van der Waals surface area contributed by atoms with Crippen LogP contribution in [0, 0.1) is 5.92 Å². The smallest absolute Gasteiger partial charge is 0.255 e. The minimum Gasteiger partial charge on any atom is -0.508 e. The standard InChI is InChI=1S/C15H19N3O3/c1-10(2)9-18-6-5-16-14(18)8-17-15(21)12-4-3-11(19)7-13(12)20/h3-7,10,19-20H,8-9H2,1-2H3,(H,17,21). The van der Waals surface area contributed by atoms with Gasteiger partial charge in [0.25, 0.3) is 5.91 Å². The molecular formula is C15H19N3O3. The molecule has 3 N–H and O–H groups in total. The number of nitrogens with zero attached hydrogens (tertiary/aromatic N) is 2. The van der Waals surface area contributed by atoms with Crippen molar-refractivity contribution in [1.29, 1.82) is 0 Å². The first kappa shape index (κ1) is 14.9. The lowest BCUT2D eigenvalue weighted by molar-refractivity contribution is 0.0946. The van der Waals surface area contributed by atoms with Crippen LogP contribution < -0.4 is 5.32 Å². The van der Waals surface area contributed by atoms with Crippen LogP contribution in [0.4, 0.5) is 0 Å². The van der Waals surface area contributed by atoms with E-state index in [0.29, 0.717) is 5.92 Å². The Morgan fingerprint density at radius 1 is 1.38 bits per heavy atom. The van der Waals surface area contributed by atoms with Gasteiger partial charge in [-0.15, -0.1) is 0 Å². The molecule has 0 unspecified atom stereocenters. The zero-order chi connectivity index (χ0) is 15.4. The summed E-state index contributed by atoms with van der Waals surface area (Å²) in [6, 6.07) is 3.86. The fourth-order valence-electron chi connectivity index (χ4n) is 2.03. The van der Waals surface area contributed by atoms with Crippen molar-refractivity contribution in [2.24, 2.45) is 5.92 Å². The second-order valence-corrected chi connectivity index (χ2v) is 5.27. The highest BCUT2D eigenvalue weighted by molar-refractivity contribution is 5.96. The van der Waals surface area contributed by atoms with Gasteiger partial charge in [0.15, 0.2) is 0 Å². The van der Waals surface area contributed by atoms with Crippen LogP contribution in [0.5, 0.6) is 11.5 Å². The fraction of sp³-hybridized carbons (Fsp3) is 0.333. The van der Waals surface area contributed by atoms with E-state index in [0.717, 1.165) is 18.4 Å². The number of carbonyl (C=O) groups excluding carboxylic acids is 1. The molecular weight excluding hydrogens is 270 g/mol. The number of imidazole rings is 1. The first-order valence-electron chi connectivity index (χ1n) is 6.77. The summed E-state index contributed by atoms with van der Waals surface area (Å²) in [4.78, 5) is 16.2. The van der Waals surface area contributed by atoms with E-state index >= 15 is 0 Å². The van der Waals surface area contributed by atoms with Gasteiger partial charge < -0.3 is 20.1 Å². The number of amides is 1. The van der Waals surface area contributed by atoms with Crippen LogP contribution in [-0.4, -0.2) is 25.7 Å². The summed E-state index contributed by atoms with van der Waals surface area (Å²) >= 11 is 0. The van der Waals surface area contributed by atoms with Crippen LogP contribution in [0.15, 0.2) is 30.6 Å². The largest absolute Gasteiger partial charge is 0.508 e. The summed E-state index contributed by atoms with van der Waals surface area (Å²) < 4.78 is 1.99. The third-order valence-corrected chi connectivity index (χ3v) is 3.00. The highest BCUT2D eigenvalue weighted by Gasteiger charge is 2.12. The molecule has 0 bridgehead atoms. The van der Waals surface area contributed by atoms with Crippen molar-refractivity contribution in [1.82, 2.24) is 14.9 Å². The number of aromatic hydroxyl groups is 2. The van der Waals surface area contributed by atoms with E-state index in [9.17, 15) is 15.0 Å². The normalized spacial score (nSPS) is 10.8. The summed E-state index contributed by atoms with van der Waals surface area (Å²) in [5, 5.41) is 21.6. The molecule has 0 aliphatic carbocycles. The van der Waals surface area contributed by atoms with Gasteiger partial charge >= 0.3 is 0 Å². The number of rotatable bonds is 5. The third kappa shape index (κ3) is 3.75. The van der Waals surface area contributed by atoms with E-state index in [-0.39, 0.29) is 23.6 Å². The summed E-state index contributed by atoms with van der Waals surface area (Å²) in [6.45, 7) is 5.32. The molecule has 6 nitrogen and oxygen atoms in total. The third-order valence-electron chi connectivity index (χ3n) is 3.00. The Labute approximate surface area is 123 Å². The molecule has 0 aliphatic rings. The molecule has 1 aromatic heterocycles. The molecule has 0 atom stereocenters. The monoisotopic (exact) mass is 289 g/mol. The number of nitrogens with one attached hydrogen (secondary N) is 1. The highest BCUT2D eigenvalue weighted by Crippen LogP contribution is 2.22. The number of phenolic OH excluding ortho intramolecular Hbond substituents is 2. The zero-order valence-corrected chi connectivity index (χ0v) is 12.1. The fourth-order valence-corrected chi connectivity index (χ4v) is 2.03. The minimum atomic E-state index is -0.411. The lowest BCUT2D eigenvalue weighted by Crippen LogP contribution is -2.25. The van der Waals surface area contributed by atoms with Crippen LogP contribution in [0.2, 0.25) is 0 Å². The maximum atomic E-state index is 12.0. The number of hydrogen-bond donors (Lipinski definition) is 3. The first-order chi connectivity index (χ1) is 9.97. The van der Waals surface area contributed by atoms with Crippen molar-refractivity contribution in [3.05, 3.63) is 42.0 Å². The number of hydrogen-bond acceptors (Lipinski definition) is 4. The summed E-state index contributed by atoms with van der Waals surface area (Å²) in [5.74, 6) is 0.492. The number of benzene rings is 1. The molecule has 0 radical (unpaired) electrons. The molecule has 6 heteroatoms. The van der Waals surface area contributed by atoms with Gasteiger partial charge in [-0.1, -0.05) is 13.8 Å². The predicted molar refractivity (Wildman–Crippen MR) is 78.0 cm³/mol. The van der Waals surface area contributed by atoms with Crippen molar-refractivity contribution in [2.45, 2.75) is 26.9 Å². The van der Waals surface area contributed by atoms with Gasteiger partial charge in [-0.3, -0.25) is 4.79 Å². The van der Waals surface area contributed by atoms with Gasteiger partial charge in [0.2, 0.25) is 0 Å². The molecule has 0 fully saturated rings. The highest BCUT2D eigenvalue weighted by atomic mass is 16.3. The maximum Gasteiger partial charge on any atom is 0.255 e. The molecule has 112 valence electrons. The van der Waals surface area contributed by atoms with Crippen LogP contribution >= 0.6 is 0 Å². The molecule has 1 amide bonds. The Kier molecular flexibility index (Phi) is 4.47. The maximum absolute atomic E-state index is 12.0. The molecule has 1 heterocycles. The van der Waals surface area contributed by atoms with Crippen LogP contribution in [0.25, 0.3) is 0 Å². The van der Waals surface area contributed by atoms with Crippen molar-refractivity contribution < 1.29 is 15.0 Å². The van der Waals surface area contributed by atoms with E-state index in [1.807, 2.05) is 10.8 Å². The average molecular weight is 289 g/mol. The molecule has 21 heavy (non-hydrogen) atoms. The van der Waals surface area contributed by atoms with Gasteiger partial charge in [-0.05, 0) is 18.1 Å². The van der Waals surface area contributed by atoms with Crippen molar-refractivity contribution in [3.8, 4) is 11.5 Å². The van der Waals surface area contributed by atoms with Gasteiger partial charge in [0.05, 0.1) is 12.1 Å². The molecule has 0 aliphatic heterocycles. The lowest BCUT2D eigenvalue weighted by Gasteiger charge is -2.11. The van der Waals surface area contributed by atoms with Gasteiger partial charge in [-0.2, -0.15) is 0 Å². The van der Waals surface area contributed by atoms with E-state index in [1.165, 1.54) is 12.1 Å². The van der Waals surface area contributed by atoms with Gasteiger partial charge in [0.1, 0.15) is 17.3 Å². The zero-order valence-electron chi connectivity index (χ0n) is 12.1. The quantitative estimate of drug-likeness (QED) is 0.784. The Morgan fingerprint density at radius 3 is 2.81 bits per heavy atom. The Bertz CT molecular complexity index is 635. The van der Waals surface area contributed by atoms with Gasteiger partial charge in [0, 0.05) is 25.0 Å². The van der Waals surface area contributed by atoms with Crippen LogP contribution in [-0.2, 0) is 13.1 Å². The first-order valence-corrected chi connectivity index (χ1v) is 6.77. The van der Waals surface area contributed by atoms with Crippen molar-refractivity contribution >= 4 is 5.91 Å². The van der Waals surface area contributed by atoms with E-state index < -0.39 is 5.91 Å². The van der Waals surface area contributed by atoms with E-state index in [1.54, 1.807) is 6.20 Å². The Balaban J connectivity index is 2.03. The molecule has 0 saturated carbocycles. The second kappa shape index (κ2) is 6.30. The Hall–Kier alpha value is -2.50. The van der Waals surface area contributed by atoms with Crippen molar-refractivity contribution in [2.75, 3.05) is 0 Å². The minimum absolute atomic E-state index is 0.0865.